The molecule has 0 fully saturated rings. The van der Waals surface area contributed by atoms with Crippen LogP contribution in [0.5, 0.6) is 0 Å². The lowest BCUT2D eigenvalue weighted by atomic mass is 10.1. The number of benzene rings is 2. The quantitative estimate of drug-likeness (QED) is 0.860. The van der Waals surface area contributed by atoms with Gasteiger partial charge in [0.25, 0.3) is 0 Å². The van der Waals surface area contributed by atoms with Gasteiger partial charge in [-0.15, -0.1) is 0 Å². The second kappa shape index (κ2) is 8.67. The second-order valence-corrected chi connectivity index (χ2v) is 6.48. The van der Waals surface area contributed by atoms with Crippen LogP contribution in [0.15, 0.2) is 48.5 Å². The monoisotopic (exact) mass is 358 g/mol. The van der Waals surface area contributed by atoms with Crippen molar-refractivity contribution in [1.82, 2.24) is 10.2 Å². The van der Waals surface area contributed by atoms with Gasteiger partial charge in [-0.1, -0.05) is 59.6 Å². The van der Waals surface area contributed by atoms with Gasteiger partial charge in [0.2, 0.25) is 11.8 Å². The normalized spacial score (nSPS) is 11.7. The van der Waals surface area contributed by atoms with Crippen LogP contribution < -0.4 is 5.32 Å². The van der Waals surface area contributed by atoms with E-state index in [4.69, 9.17) is 11.6 Å². The minimum absolute atomic E-state index is 0.110. The maximum atomic E-state index is 12.9. The van der Waals surface area contributed by atoms with Crippen molar-refractivity contribution in [3.63, 3.8) is 0 Å². The third-order valence-corrected chi connectivity index (χ3v) is 4.52. The van der Waals surface area contributed by atoms with Crippen molar-refractivity contribution in [1.29, 1.82) is 0 Å². The molecule has 0 heterocycles. The fourth-order valence-corrected chi connectivity index (χ4v) is 2.90. The zero-order chi connectivity index (χ0) is 18.4. The largest absolute Gasteiger partial charge is 0.357 e. The van der Waals surface area contributed by atoms with E-state index in [9.17, 15) is 9.59 Å². The van der Waals surface area contributed by atoms with E-state index in [1.807, 2.05) is 49.4 Å². The summed E-state index contributed by atoms with van der Waals surface area (Å²) in [6.45, 7) is 4.01. The molecule has 25 heavy (non-hydrogen) atoms. The highest BCUT2D eigenvalue weighted by Crippen LogP contribution is 2.19. The van der Waals surface area contributed by atoms with E-state index < -0.39 is 6.04 Å². The molecule has 5 heteroatoms. The number of amides is 2. The van der Waals surface area contributed by atoms with Crippen LogP contribution in [0.3, 0.4) is 0 Å². The van der Waals surface area contributed by atoms with E-state index in [0.717, 1.165) is 16.7 Å². The number of likely N-dealkylation sites (N-methyl/N-ethyl adjacent to an activating group) is 1. The van der Waals surface area contributed by atoms with E-state index in [1.165, 1.54) is 0 Å². The molecule has 2 amide bonds. The first kappa shape index (κ1) is 19.0. The van der Waals surface area contributed by atoms with Crippen molar-refractivity contribution in [3.05, 3.63) is 70.2 Å². The van der Waals surface area contributed by atoms with E-state index in [0.29, 0.717) is 11.6 Å². The number of halogens is 1. The summed E-state index contributed by atoms with van der Waals surface area (Å²) in [6, 6.07) is 14.6. The maximum Gasteiger partial charge on any atom is 0.242 e. The molecular formula is C20H23ClN2O2. The topological polar surface area (TPSA) is 49.4 Å². The molecule has 0 bridgehead atoms. The van der Waals surface area contributed by atoms with Gasteiger partial charge in [-0.3, -0.25) is 9.59 Å². The van der Waals surface area contributed by atoms with E-state index >= 15 is 0 Å². The molecule has 0 saturated heterocycles. The summed E-state index contributed by atoms with van der Waals surface area (Å²) < 4.78 is 0. The van der Waals surface area contributed by atoms with Crippen LogP contribution in [0.1, 0.15) is 23.6 Å². The molecule has 132 valence electrons. The van der Waals surface area contributed by atoms with Crippen molar-refractivity contribution in [3.8, 4) is 0 Å². The molecular weight excluding hydrogens is 336 g/mol. The molecule has 0 aliphatic rings. The summed E-state index contributed by atoms with van der Waals surface area (Å²) in [4.78, 5) is 26.6. The summed E-state index contributed by atoms with van der Waals surface area (Å²) in [5.41, 5.74) is 2.85. The number of hydrogen-bond donors (Lipinski definition) is 1. The number of aryl methyl sites for hydroxylation is 1. The summed E-state index contributed by atoms with van der Waals surface area (Å²) in [5, 5.41) is 3.19. The second-order valence-electron chi connectivity index (χ2n) is 6.07. The van der Waals surface area contributed by atoms with Gasteiger partial charge < -0.3 is 10.2 Å². The summed E-state index contributed by atoms with van der Waals surface area (Å²) in [5.74, 6) is -0.314. The van der Waals surface area contributed by atoms with Crippen LogP contribution in [0.2, 0.25) is 5.02 Å². The lowest BCUT2D eigenvalue weighted by Gasteiger charge is -2.28. The number of carbonyl (C=O) groups is 2. The van der Waals surface area contributed by atoms with Crippen molar-refractivity contribution in [2.45, 2.75) is 32.9 Å². The smallest absolute Gasteiger partial charge is 0.242 e. The molecule has 0 radical (unpaired) electrons. The number of hydrogen-bond acceptors (Lipinski definition) is 2. The van der Waals surface area contributed by atoms with Gasteiger partial charge >= 0.3 is 0 Å². The van der Waals surface area contributed by atoms with Gasteiger partial charge in [0.05, 0.1) is 6.42 Å². The van der Waals surface area contributed by atoms with Gasteiger partial charge in [0.1, 0.15) is 6.04 Å². The highest BCUT2D eigenvalue weighted by atomic mass is 35.5. The third kappa shape index (κ3) is 5.07. The maximum absolute atomic E-state index is 12.9. The Bertz CT molecular complexity index is 761. The zero-order valence-corrected chi connectivity index (χ0v) is 15.5. The van der Waals surface area contributed by atoms with Crippen LogP contribution in [0.25, 0.3) is 0 Å². The fraction of sp³-hybridized carbons (Fsp3) is 0.300. The summed E-state index contributed by atoms with van der Waals surface area (Å²) in [7, 11) is 1.57. The minimum atomic E-state index is -0.585. The standard InChI is InChI=1S/C20H23ClN2O2/c1-14-7-6-8-16(11-14)12-19(24)23(15(2)20(25)22-3)13-17-9-4-5-10-18(17)21/h4-11,15H,12-13H2,1-3H3,(H,22,25)/t15-/m1/s1. The number of carbonyl (C=O) groups excluding carboxylic acids is 2. The van der Waals surface area contributed by atoms with E-state index in [2.05, 4.69) is 5.32 Å². The zero-order valence-electron chi connectivity index (χ0n) is 14.8. The fourth-order valence-electron chi connectivity index (χ4n) is 2.70. The highest BCUT2D eigenvalue weighted by molar-refractivity contribution is 6.31. The van der Waals surface area contributed by atoms with Crippen molar-refractivity contribution in [2.75, 3.05) is 7.05 Å². The molecule has 0 saturated carbocycles. The Morgan fingerprint density at radius 1 is 1.16 bits per heavy atom. The van der Waals surface area contributed by atoms with Crippen LogP contribution >= 0.6 is 11.6 Å². The average Bonchev–Trinajstić information content (AvgIpc) is 2.59. The van der Waals surface area contributed by atoms with Crippen molar-refractivity contribution < 1.29 is 9.59 Å². The van der Waals surface area contributed by atoms with Gasteiger partial charge in [-0.05, 0) is 31.0 Å². The number of nitrogens with zero attached hydrogens (tertiary/aromatic N) is 1. The molecule has 1 N–H and O–H groups in total. The van der Waals surface area contributed by atoms with Crippen LogP contribution in [-0.4, -0.2) is 29.8 Å². The van der Waals surface area contributed by atoms with Gasteiger partial charge in [-0.2, -0.15) is 0 Å². The average molecular weight is 359 g/mol. The Balaban J connectivity index is 2.25. The Morgan fingerprint density at radius 3 is 2.52 bits per heavy atom. The highest BCUT2D eigenvalue weighted by Gasteiger charge is 2.26. The van der Waals surface area contributed by atoms with Gasteiger partial charge in [0, 0.05) is 18.6 Å². The Hall–Kier alpha value is -2.33. The first-order valence-corrected chi connectivity index (χ1v) is 8.60. The minimum Gasteiger partial charge on any atom is -0.357 e. The predicted molar refractivity (Wildman–Crippen MR) is 100 cm³/mol. The first-order valence-electron chi connectivity index (χ1n) is 8.22. The molecule has 0 aliphatic carbocycles. The molecule has 2 aromatic rings. The summed E-state index contributed by atoms with van der Waals surface area (Å²) >= 11 is 6.23. The van der Waals surface area contributed by atoms with Gasteiger partial charge in [-0.25, -0.2) is 0 Å². The van der Waals surface area contributed by atoms with Crippen LogP contribution in [0, 0.1) is 6.92 Å². The molecule has 2 aromatic carbocycles. The lowest BCUT2D eigenvalue weighted by Crippen LogP contribution is -2.47. The molecule has 2 rings (SSSR count). The van der Waals surface area contributed by atoms with Crippen LogP contribution in [-0.2, 0) is 22.6 Å². The molecule has 0 unspecified atom stereocenters. The molecule has 4 nitrogen and oxygen atoms in total. The number of rotatable bonds is 6. The Morgan fingerprint density at radius 2 is 1.88 bits per heavy atom. The SMILES string of the molecule is CNC(=O)[C@@H](C)N(Cc1ccccc1Cl)C(=O)Cc1cccc(C)c1. The molecule has 1 atom stereocenters. The molecule has 0 spiro atoms. The lowest BCUT2D eigenvalue weighted by molar-refractivity contribution is -0.139. The Kier molecular flexibility index (Phi) is 6.59. The van der Waals surface area contributed by atoms with Crippen LogP contribution in [0.4, 0.5) is 0 Å². The molecule has 0 aliphatic heterocycles. The first-order chi connectivity index (χ1) is 11.9. The summed E-state index contributed by atoms with van der Waals surface area (Å²) in [6.07, 6.45) is 0.244. The molecule has 0 aromatic heterocycles. The third-order valence-electron chi connectivity index (χ3n) is 4.15. The van der Waals surface area contributed by atoms with Crippen molar-refractivity contribution >= 4 is 23.4 Å². The van der Waals surface area contributed by atoms with Gasteiger partial charge in [0.15, 0.2) is 0 Å². The predicted octanol–water partition coefficient (Wildman–Crippen LogP) is 3.35. The Labute approximate surface area is 153 Å². The number of nitrogens with one attached hydrogen (secondary N) is 1. The van der Waals surface area contributed by atoms with Crippen molar-refractivity contribution in [2.24, 2.45) is 0 Å². The van der Waals surface area contributed by atoms with E-state index in [-0.39, 0.29) is 18.2 Å². The van der Waals surface area contributed by atoms with E-state index in [1.54, 1.807) is 24.9 Å².